The first-order chi connectivity index (χ1) is 15.5. The molecule has 1 fully saturated rings. The predicted octanol–water partition coefficient (Wildman–Crippen LogP) is 3.72. The SMILES string of the molecule is COc1ccc(C2/C(=C(/O)c3ccccc3)C(=O)C(=O)N2Cc2cccnc2)c(OC)c1. The van der Waals surface area contributed by atoms with Gasteiger partial charge in [-0.05, 0) is 23.8 Å². The number of rotatable bonds is 6. The number of nitrogens with zero attached hydrogens (tertiary/aromatic N) is 2. The van der Waals surface area contributed by atoms with Gasteiger partial charge in [0, 0.05) is 36.1 Å². The highest BCUT2D eigenvalue weighted by molar-refractivity contribution is 6.46. The van der Waals surface area contributed by atoms with Gasteiger partial charge in [0.1, 0.15) is 17.3 Å². The monoisotopic (exact) mass is 430 g/mol. The molecule has 1 unspecified atom stereocenters. The third kappa shape index (κ3) is 3.80. The maximum absolute atomic E-state index is 13.1. The Morgan fingerprint density at radius 2 is 1.81 bits per heavy atom. The lowest BCUT2D eigenvalue weighted by Crippen LogP contribution is -2.29. The van der Waals surface area contributed by atoms with Crippen LogP contribution in [-0.2, 0) is 16.1 Å². The molecule has 7 heteroatoms. The number of carbonyl (C=O) groups excluding carboxylic acids is 2. The van der Waals surface area contributed by atoms with E-state index in [2.05, 4.69) is 4.98 Å². The Bertz CT molecular complexity index is 1180. The normalized spacial score (nSPS) is 17.4. The van der Waals surface area contributed by atoms with Crippen LogP contribution in [0.15, 0.2) is 78.6 Å². The summed E-state index contributed by atoms with van der Waals surface area (Å²) in [6.07, 6.45) is 3.27. The number of likely N-dealkylation sites (tertiary alicyclic amines) is 1. The van der Waals surface area contributed by atoms with Gasteiger partial charge in [-0.1, -0.05) is 36.4 Å². The number of Topliss-reactive ketones (excluding diaryl/α,β-unsaturated/α-hetero) is 1. The lowest BCUT2D eigenvalue weighted by atomic mass is 9.94. The van der Waals surface area contributed by atoms with Crippen molar-refractivity contribution in [1.29, 1.82) is 0 Å². The van der Waals surface area contributed by atoms with Crippen molar-refractivity contribution in [3.05, 3.63) is 95.3 Å². The molecule has 1 aliphatic heterocycles. The highest BCUT2D eigenvalue weighted by atomic mass is 16.5. The topological polar surface area (TPSA) is 89.0 Å². The first-order valence-electron chi connectivity index (χ1n) is 9.99. The average molecular weight is 430 g/mol. The van der Waals surface area contributed by atoms with Gasteiger partial charge in [-0.25, -0.2) is 0 Å². The lowest BCUT2D eigenvalue weighted by Gasteiger charge is -2.26. The largest absolute Gasteiger partial charge is 0.507 e. The second-order valence-corrected chi connectivity index (χ2v) is 7.26. The Labute approximate surface area is 185 Å². The Kier molecular flexibility index (Phi) is 5.89. The summed E-state index contributed by atoms with van der Waals surface area (Å²) in [7, 11) is 3.04. The molecular weight excluding hydrogens is 408 g/mol. The Morgan fingerprint density at radius 1 is 1.03 bits per heavy atom. The van der Waals surface area contributed by atoms with Crippen molar-refractivity contribution in [3.8, 4) is 11.5 Å². The van der Waals surface area contributed by atoms with Crippen LogP contribution in [0.25, 0.3) is 5.76 Å². The number of benzene rings is 2. The number of methoxy groups -OCH3 is 2. The summed E-state index contributed by atoms with van der Waals surface area (Å²) in [5.74, 6) is -0.683. The van der Waals surface area contributed by atoms with E-state index in [-0.39, 0.29) is 17.9 Å². The summed E-state index contributed by atoms with van der Waals surface area (Å²) in [5.41, 5.74) is 1.78. The first-order valence-corrected chi connectivity index (χ1v) is 9.99. The van der Waals surface area contributed by atoms with Crippen LogP contribution in [-0.4, -0.2) is 40.9 Å². The standard InChI is InChI=1S/C25H22N2O5/c1-31-18-10-11-19(20(13-18)32-2)22-21(23(28)17-8-4-3-5-9-17)24(29)25(30)27(22)15-16-7-6-12-26-14-16/h3-14,22,28H,15H2,1-2H3/b23-21-. The third-order valence-electron chi connectivity index (χ3n) is 5.40. The minimum absolute atomic E-state index is 0.00792. The van der Waals surface area contributed by atoms with Crippen LogP contribution in [0.4, 0.5) is 0 Å². The molecule has 1 aliphatic rings. The second-order valence-electron chi connectivity index (χ2n) is 7.26. The molecule has 32 heavy (non-hydrogen) atoms. The van der Waals surface area contributed by atoms with Crippen LogP contribution >= 0.6 is 0 Å². The molecule has 3 aromatic rings. The molecule has 4 rings (SSSR count). The Morgan fingerprint density at radius 3 is 2.47 bits per heavy atom. The van der Waals surface area contributed by atoms with Gasteiger partial charge in [-0.3, -0.25) is 14.6 Å². The predicted molar refractivity (Wildman–Crippen MR) is 118 cm³/mol. The van der Waals surface area contributed by atoms with Crippen LogP contribution in [0.5, 0.6) is 11.5 Å². The number of ether oxygens (including phenoxy) is 2. The van der Waals surface area contributed by atoms with E-state index in [9.17, 15) is 14.7 Å². The molecule has 2 heterocycles. The molecule has 7 nitrogen and oxygen atoms in total. The van der Waals surface area contributed by atoms with Crippen LogP contribution in [0, 0.1) is 0 Å². The van der Waals surface area contributed by atoms with Gasteiger partial charge in [-0.2, -0.15) is 0 Å². The number of ketones is 1. The molecule has 1 saturated heterocycles. The molecule has 0 radical (unpaired) electrons. The van der Waals surface area contributed by atoms with E-state index in [1.54, 1.807) is 68.0 Å². The van der Waals surface area contributed by atoms with Gasteiger partial charge >= 0.3 is 0 Å². The first kappa shape index (κ1) is 21.1. The summed E-state index contributed by atoms with van der Waals surface area (Å²) in [6, 6.07) is 16.6. The molecule has 1 atom stereocenters. The summed E-state index contributed by atoms with van der Waals surface area (Å²) in [6.45, 7) is 0.143. The van der Waals surface area contributed by atoms with E-state index in [0.717, 1.165) is 5.56 Å². The van der Waals surface area contributed by atoms with Crippen LogP contribution in [0.1, 0.15) is 22.7 Å². The fourth-order valence-electron chi connectivity index (χ4n) is 3.85. The van der Waals surface area contributed by atoms with Gasteiger partial charge in [0.2, 0.25) is 0 Å². The fourth-order valence-corrected chi connectivity index (χ4v) is 3.85. The zero-order valence-electron chi connectivity index (χ0n) is 17.7. The quantitative estimate of drug-likeness (QED) is 0.364. The summed E-state index contributed by atoms with van der Waals surface area (Å²) < 4.78 is 10.8. The molecule has 0 bridgehead atoms. The number of pyridine rings is 1. The maximum atomic E-state index is 13.1. The molecule has 0 aliphatic carbocycles. The van der Waals surface area contributed by atoms with Crippen molar-refractivity contribution in [2.24, 2.45) is 0 Å². The van der Waals surface area contributed by atoms with Crippen LogP contribution < -0.4 is 9.47 Å². The minimum Gasteiger partial charge on any atom is -0.507 e. The maximum Gasteiger partial charge on any atom is 0.295 e. The number of aliphatic hydroxyl groups excluding tert-OH is 1. The number of carbonyl (C=O) groups is 2. The molecule has 162 valence electrons. The van der Waals surface area contributed by atoms with Gasteiger partial charge < -0.3 is 19.5 Å². The molecule has 1 aromatic heterocycles. The van der Waals surface area contributed by atoms with E-state index in [0.29, 0.717) is 22.6 Å². The third-order valence-corrected chi connectivity index (χ3v) is 5.40. The summed E-state index contributed by atoms with van der Waals surface area (Å²) in [5, 5.41) is 11.1. The van der Waals surface area contributed by atoms with Crippen molar-refractivity contribution in [2.45, 2.75) is 12.6 Å². The summed E-state index contributed by atoms with van der Waals surface area (Å²) in [4.78, 5) is 31.8. The van der Waals surface area contributed by atoms with E-state index >= 15 is 0 Å². The zero-order valence-corrected chi connectivity index (χ0v) is 17.7. The molecular formula is C25H22N2O5. The molecule has 1 N–H and O–H groups in total. The van der Waals surface area contributed by atoms with E-state index in [1.165, 1.54) is 12.0 Å². The van der Waals surface area contributed by atoms with Crippen molar-refractivity contribution in [1.82, 2.24) is 9.88 Å². The second kappa shape index (κ2) is 8.93. The molecule has 0 spiro atoms. The van der Waals surface area contributed by atoms with Crippen LogP contribution in [0.2, 0.25) is 0 Å². The number of aromatic nitrogens is 1. The molecule has 2 aromatic carbocycles. The average Bonchev–Trinajstić information content (AvgIpc) is 3.09. The van der Waals surface area contributed by atoms with Crippen molar-refractivity contribution < 1.29 is 24.2 Å². The highest BCUT2D eigenvalue weighted by Gasteiger charge is 2.47. The van der Waals surface area contributed by atoms with Crippen molar-refractivity contribution >= 4 is 17.4 Å². The number of amides is 1. The van der Waals surface area contributed by atoms with Gasteiger partial charge in [0.25, 0.3) is 11.7 Å². The highest BCUT2D eigenvalue weighted by Crippen LogP contribution is 2.44. The molecule has 0 saturated carbocycles. The fraction of sp³-hybridized carbons (Fsp3) is 0.160. The number of hydrogen-bond donors (Lipinski definition) is 1. The lowest BCUT2D eigenvalue weighted by molar-refractivity contribution is -0.140. The Balaban J connectivity index is 1.91. The van der Waals surface area contributed by atoms with E-state index in [1.807, 2.05) is 12.1 Å². The molecule has 1 amide bonds. The minimum atomic E-state index is -0.851. The number of hydrogen-bond acceptors (Lipinski definition) is 6. The van der Waals surface area contributed by atoms with E-state index < -0.39 is 17.7 Å². The van der Waals surface area contributed by atoms with Gasteiger partial charge in [0.15, 0.2) is 0 Å². The van der Waals surface area contributed by atoms with Crippen molar-refractivity contribution in [3.63, 3.8) is 0 Å². The van der Waals surface area contributed by atoms with Crippen LogP contribution in [0.3, 0.4) is 0 Å². The summed E-state index contributed by atoms with van der Waals surface area (Å²) >= 11 is 0. The van der Waals surface area contributed by atoms with Gasteiger partial charge in [-0.15, -0.1) is 0 Å². The smallest absolute Gasteiger partial charge is 0.295 e. The number of aliphatic hydroxyl groups is 1. The Hall–Kier alpha value is -4.13. The zero-order chi connectivity index (χ0) is 22.7. The van der Waals surface area contributed by atoms with Crippen molar-refractivity contribution in [2.75, 3.05) is 14.2 Å². The van der Waals surface area contributed by atoms with E-state index in [4.69, 9.17) is 9.47 Å². The van der Waals surface area contributed by atoms with Gasteiger partial charge in [0.05, 0.1) is 25.8 Å².